The van der Waals surface area contributed by atoms with Gasteiger partial charge in [-0.2, -0.15) is 5.11 Å². The average Bonchev–Trinajstić information content (AvgIpc) is 2.55. The molecule has 26 heavy (non-hydrogen) atoms. The van der Waals surface area contributed by atoms with Crippen LogP contribution in [0.15, 0.2) is 20.8 Å². The molecule has 6 nitrogen and oxygen atoms in total. The predicted molar refractivity (Wildman–Crippen MR) is 97.8 cm³/mol. The van der Waals surface area contributed by atoms with E-state index in [-0.39, 0.29) is 11.1 Å². The van der Waals surface area contributed by atoms with Gasteiger partial charge in [-0.1, -0.05) is 0 Å². The quantitative estimate of drug-likeness (QED) is 0.551. The summed E-state index contributed by atoms with van der Waals surface area (Å²) in [4.78, 5) is 0. The lowest BCUT2D eigenvalue weighted by Gasteiger charge is -2.56. The third kappa shape index (κ3) is 2.71. The average molecular weight is 357 g/mol. The highest BCUT2D eigenvalue weighted by Gasteiger charge is 2.52. The molecule has 8 aliphatic carbocycles. The molecular formula is C20H32N6. The molecule has 8 aliphatic rings. The molecular weight excluding hydrogens is 324 g/mol. The number of hydrogen-bond acceptors (Lipinski definition) is 3. The zero-order chi connectivity index (χ0) is 17.2. The summed E-state index contributed by atoms with van der Waals surface area (Å²) in [6.07, 6.45) is 16.3. The zero-order valence-corrected chi connectivity index (χ0v) is 15.7. The third-order valence-electron chi connectivity index (χ3n) is 8.76. The summed E-state index contributed by atoms with van der Waals surface area (Å²) in [6.45, 7) is 0. The molecule has 0 unspecified atom stereocenters. The minimum Gasteiger partial charge on any atom is -0.222 e. The van der Waals surface area contributed by atoms with Gasteiger partial charge >= 0.3 is 0 Å². The van der Waals surface area contributed by atoms with Crippen molar-refractivity contribution in [2.24, 2.45) is 56.3 Å². The molecule has 8 fully saturated rings. The van der Waals surface area contributed by atoms with Crippen LogP contribution in [0, 0.1) is 35.5 Å². The molecule has 6 heteroatoms. The van der Waals surface area contributed by atoms with Crippen LogP contribution in [-0.4, -0.2) is 11.1 Å². The van der Waals surface area contributed by atoms with Crippen molar-refractivity contribution in [3.63, 3.8) is 0 Å². The van der Waals surface area contributed by atoms with Gasteiger partial charge in [-0.3, -0.25) is 0 Å². The van der Waals surface area contributed by atoms with Crippen molar-refractivity contribution in [2.45, 2.75) is 88.1 Å². The fraction of sp³-hybridized carbons (Fsp3) is 1.00. The minimum atomic E-state index is 0.0983. The second-order valence-electron chi connectivity index (χ2n) is 11.0. The van der Waals surface area contributed by atoms with Crippen LogP contribution in [0.25, 0.3) is 0 Å². The molecule has 8 rings (SSSR count). The van der Waals surface area contributed by atoms with Crippen LogP contribution in [0.1, 0.15) is 77.0 Å². The SMILES string of the molecule is C1C2CC3CC1CC(N=NN=NNNC14CC5CC(CC(C5)C1)C4)(C2)C3. The maximum absolute atomic E-state index is 4.68. The Morgan fingerprint density at radius 2 is 1.04 bits per heavy atom. The lowest BCUT2D eigenvalue weighted by atomic mass is 9.53. The number of hydrazine groups is 1. The molecule has 0 aromatic heterocycles. The van der Waals surface area contributed by atoms with E-state index in [4.69, 9.17) is 0 Å². The standard InChI is InChI=1S/C20H32N6/c1-13-2-15-3-14(1)8-19(7-13,9-15)21-23-25-26-24-22-20-10-16-4-17(11-20)6-18(5-16)12-20/h13-18H,1-12H2,(H,21,24,25)(H,22,23,26). The van der Waals surface area contributed by atoms with Crippen molar-refractivity contribution in [1.29, 1.82) is 0 Å². The number of nitrogens with one attached hydrogen (secondary N) is 2. The Kier molecular flexibility index (Phi) is 3.52. The summed E-state index contributed by atoms with van der Waals surface area (Å²) < 4.78 is 0. The van der Waals surface area contributed by atoms with Gasteiger partial charge in [0.15, 0.2) is 0 Å². The number of hydrogen-bond donors (Lipinski definition) is 2. The molecule has 2 N–H and O–H groups in total. The summed E-state index contributed by atoms with van der Waals surface area (Å²) in [5.41, 5.74) is 6.87. The van der Waals surface area contributed by atoms with Crippen LogP contribution in [0.2, 0.25) is 0 Å². The van der Waals surface area contributed by atoms with E-state index in [0.717, 1.165) is 35.5 Å². The first-order chi connectivity index (χ1) is 12.7. The van der Waals surface area contributed by atoms with Gasteiger partial charge < -0.3 is 0 Å². The van der Waals surface area contributed by atoms with Gasteiger partial charge in [-0.05, 0) is 128 Å². The van der Waals surface area contributed by atoms with E-state index in [1.54, 1.807) is 0 Å². The summed E-state index contributed by atoms with van der Waals surface area (Å²) in [5, 5.41) is 16.8. The van der Waals surface area contributed by atoms with Crippen LogP contribution < -0.4 is 11.0 Å². The second-order valence-corrected chi connectivity index (χ2v) is 11.0. The molecule has 0 aromatic rings. The molecule has 0 saturated heterocycles. The predicted octanol–water partition coefficient (Wildman–Crippen LogP) is 4.75. The monoisotopic (exact) mass is 356 g/mol. The van der Waals surface area contributed by atoms with Crippen LogP contribution in [-0.2, 0) is 0 Å². The van der Waals surface area contributed by atoms with Crippen molar-refractivity contribution in [2.75, 3.05) is 0 Å². The highest BCUT2D eigenvalue weighted by molar-refractivity contribution is 5.06. The van der Waals surface area contributed by atoms with Crippen molar-refractivity contribution in [3.8, 4) is 0 Å². The van der Waals surface area contributed by atoms with Crippen LogP contribution >= 0.6 is 0 Å². The summed E-state index contributed by atoms with van der Waals surface area (Å²) in [5.74, 6) is 5.49. The van der Waals surface area contributed by atoms with Crippen LogP contribution in [0.4, 0.5) is 0 Å². The molecule has 0 radical (unpaired) electrons. The van der Waals surface area contributed by atoms with E-state index in [1.165, 1.54) is 77.0 Å². The van der Waals surface area contributed by atoms with E-state index in [9.17, 15) is 0 Å². The normalized spacial score (nSPS) is 54.0. The highest BCUT2D eigenvalue weighted by atomic mass is 15.7. The zero-order valence-electron chi connectivity index (χ0n) is 15.7. The van der Waals surface area contributed by atoms with E-state index in [0.29, 0.717) is 0 Å². The first kappa shape index (κ1) is 16.0. The Hall–Kier alpha value is -1.04. The first-order valence-corrected chi connectivity index (χ1v) is 11.0. The smallest absolute Gasteiger partial charge is 0.0846 e. The van der Waals surface area contributed by atoms with Gasteiger partial charge in [-0.25, -0.2) is 11.0 Å². The Balaban J connectivity index is 1.04. The third-order valence-corrected chi connectivity index (χ3v) is 8.76. The fourth-order valence-electron chi connectivity index (χ4n) is 8.75. The van der Waals surface area contributed by atoms with E-state index in [2.05, 4.69) is 31.7 Å². The Morgan fingerprint density at radius 3 is 1.54 bits per heavy atom. The van der Waals surface area contributed by atoms with Gasteiger partial charge in [-0.15, -0.1) is 0 Å². The fourth-order valence-corrected chi connectivity index (χ4v) is 8.75. The lowest BCUT2D eigenvalue weighted by molar-refractivity contribution is -0.0271. The summed E-state index contributed by atoms with van der Waals surface area (Å²) >= 11 is 0. The molecule has 8 bridgehead atoms. The number of rotatable bonds is 5. The van der Waals surface area contributed by atoms with Gasteiger partial charge in [0, 0.05) is 5.54 Å². The molecule has 0 atom stereocenters. The van der Waals surface area contributed by atoms with Crippen molar-refractivity contribution in [1.82, 2.24) is 11.0 Å². The summed E-state index contributed by atoms with van der Waals surface area (Å²) in [6, 6.07) is 0. The van der Waals surface area contributed by atoms with Gasteiger partial charge in [0.25, 0.3) is 0 Å². The van der Waals surface area contributed by atoms with Crippen molar-refractivity contribution in [3.05, 3.63) is 0 Å². The van der Waals surface area contributed by atoms with Crippen molar-refractivity contribution < 1.29 is 0 Å². The van der Waals surface area contributed by atoms with Gasteiger partial charge in [0.1, 0.15) is 0 Å². The molecule has 0 aromatic carbocycles. The highest BCUT2D eigenvalue weighted by Crippen LogP contribution is 2.57. The lowest BCUT2D eigenvalue weighted by Crippen LogP contribution is -2.61. The molecule has 0 aliphatic heterocycles. The maximum atomic E-state index is 4.68. The second kappa shape index (κ2) is 5.73. The first-order valence-electron chi connectivity index (χ1n) is 11.0. The largest absolute Gasteiger partial charge is 0.222 e. The van der Waals surface area contributed by atoms with E-state index in [1.807, 2.05) is 0 Å². The minimum absolute atomic E-state index is 0.0983. The molecule has 142 valence electrons. The summed E-state index contributed by atoms with van der Waals surface area (Å²) in [7, 11) is 0. The molecule has 0 spiro atoms. The van der Waals surface area contributed by atoms with Gasteiger partial charge in [0.05, 0.1) is 5.54 Å². The van der Waals surface area contributed by atoms with Crippen LogP contribution in [0.5, 0.6) is 0 Å². The topological polar surface area (TPSA) is 73.5 Å². The van der Waals surface area contributed by atoms with Crippen molar-refractivity contribution >= 4 is 0 Å². The Labute approximate surface area is 156 Å². The molecule has 8 saturated carbocycles. The molecule has 0 heterocycles. The maximum Gasteiger partial charge on any atom is 0.0846 e. The number of nitrogens with zero attached hydrogens (tertiary/aromatic N) is 4. The Bertz CT molecular complexity index is 555. The van der Waals surface area contributed by atoms with Crippen LogP contribution in [0.3, 0.4) is 0 Å². The molecule has 0 amide bonds. The Morgan fingerprint density at radius 1 is 0.577 bits per heavy atom. The van der Waals surface area contributed by atoms with E-state index < -0.39 is 0 Å². The van der Waals surface area contributed by atoms with Gasteiger partial charge in [0.2, 0.25) is 0 Å². The van der Waals surface area contributed by atoms with E-state index >= 15 is 0 Å².